The number of nitrogens with one attached hydrogen (secondary N) is 3. The van der Waals surface area contributed by atoms with Gasteiger partial charge in [0.15, 0.2) is 18.1 Å². The minimum Gasteiger partial charge on any atom is -0.495 e. The van der Waals surface area contributed by atoms with E-state index in [1.54, 1.807) is 38.1 Å². The molecule has 202 valence electrons. The number of ether oxygens (including phenoxy) is 4. The Bertz CT molecular complexity index is 1300. The number of hydrogen-bond acceptors (Lipinski definition) is 8. The molecule has 1 aliphatic rings. The van der Waals surface area contributed by atoms with E-state index >= 15 is 0 Å². The molecule has 1 aliphatic heterocycles. The Hall–Kier alpha value is -3.58. The first-order chi connectivity index (χ1) is 18.2. The molecule has 0 saturated carbocycles. The molecule has 3 amide bonds. The van der Waals surface area contributed by atoms with Gasteiger partial charge in [0.2, 0.25) is 0 Å². The van der Waals surface area contributed by atoms with Crippen LogP contribution in [0.4, 0.5) is 4.79 Å². The zero-order chi connectivity index (χ0) is 27.8. The second-order valence-corrected chi connectivity index (χ2v) is 9.56. The quantitative estimate of drug-likeness (QED) is 0.201. The predicted octanol–water partition coefficient (Wildman–Crippen LogP) is 3.95. The highest BCUT2D eigenvalue weighted by Crippen LogP contribution is 2.35. The van der Waals surface area contributed by atoms with E-state index < -0.39 is 23.9 Å². The average Bonchev–Trinajstić information content (AvgIpc) is 2.86. The molecule has 2 aromatic carbocycles. The number of carbonyl (C=O) groups is 3. The Morgan fingerprint density at radius 1 is 1.13 bits per heavy atom. The molecular weight excluding hydrogens is 628 g/mol. The van der Waals surface area contributed by atoms with Crippen LogP contribution in [0.1, 0.15) is 31.0 Å². The third-order valence-electron chi connectivity index (χ3n) is 5.28. The van der Waals surface area contributed by atoms with Crippen LogP contribution in [0, 0.1) is 0 Å². The van der Waals surface area contributed by atoms with Crippen molar-refractivity contribution in [3.63, 3.8) is 0 Å². The number of halogens is 2. The number of nitrogens with zero attached hydrogens (tertiary/aromatic N) is 1. The molecule has 0 spiro atoms. The summed E-state index contributed by atoms with van der Waals surface area (Å²) >= 11 is 6.81. The lowest BCUT2D eigenvalue weighted by atomic mass is 9.95. The van der Waals surface area contributed by atoms with Crippen molar-refractivity contribution in [1.29, 1.82) is 0 Å². The van der Waals surface area contributed by atoms with Gasteiger partial charge < -0.3 is 29.6 Å². The summed E-state index contributed by atoms with van der Waals surface area (Å²) in [6.45, 7) is 3.17. The summed E-state index contributed by atoms with van der Waals surface area (Å²) in [5, 5.41) is 9.27. The minimum atomic E-state index is -0.765. The van der Waals surface area contributed by atoms with Crippen molar-refractivity contribution in [3.8, 4) is 17.2 Å². The zero-order valence-corrected chi connectivity index (χ0v) is 24.2. The van der Waals surface area contributed by atoms with Gasteiger partial charge in [-0.25, -0.2) is 15.0 Å². The number of esters is 1. The van der Waals surface area contributed by atoms with Crippen molar-refractivity contribution in [2.24, 2.45) is 5.10 Å². The van der Waals surface area contributed by atoms with Crippen LogP contribution in [-0.4, -0.2) is 51.6 Å². The summed E-state index contributed by atoms with van der Waals surface area (Å²) in [7, 11) is 2.97. The maximum atomic E-state index is 12.5. The van der Waals surface area contributed by atoms with Gasteiger partial charge in [-0.3, -0.25) is 4.79 Å². The molecule has 3 N–H and O–H groups in total. The minimum absolute atomic E-state index is 0.187. The number of methoxy groups -OCH3 is 2. The Kier molecular flexibility index (Phi) is 10.1. The highest BCUT2D eigenvalue weighted by molar-refractivity contribution is 9.11. The fourth-order valence-electron chi connectivity index (χ4n) is 3.65. The van der Waals surface area contributed by atoms with Gasteiger partial charge in [0.1, 0.15) is 5.75 Å². The number of benzene rings is 2. The maximum absolute atomic E-state index is 12.5. The van der Waals surface area contributed by atoms with Gasteiger partial charge in [0.25, 0.3) is 5.91 Å². The highest BCUT2D eigenvalue weighted by Gasteiger charge is 2.32. The van der Waals surface area contributed by atoms with Gasteiger partial charge in [0.05, 0.1) is 43.1 Å². The third kappa shape index (κ3) is 7.04. The highest BCUT2D eigenvalue weighted by atomic mass is 79.9. The largest absolute Gasteiger partial charge is 0.495 e. The van der Waals surface area contributed by atoms with Gasteiger partial charge in [-0.05, 0) is 59.6 Å². The van der Waals surface area contributed by atoms with Gasteiger partial charge in [-0.2, -0.15) is 5.10 Å². The Morgan fingerprint density at radius 3 is 2.58 bits per heavy atom. The smallest absolute Gasteiger partial charge is 0.338 e. The fraction of sp³-hybridized carbons (Fsp3) is 0.280. The number of amides is 3. The standard InChI is InChI=1S/C25H26Br2N4O7/c1-5-37-24(33)21-13(2)29-25(34)30-22(21)14-6-7-18(19(9-14)35-3)38-12-20(32)31-28-11-15-8-16(26)10-17(27)23(15)36-4/h6-11,22H,5,12H2,1-4H3,(H,31,32)(H2,29,30,34)/b28-11-/t22-/m1/s1. The summed E-state index contributed by atoms with van der Waals surface area (Å²) in [6, 6.07) is 7.26. The molecule has 0 radical (unpaired) electrons. The number of rotatable bonds is 10. The molecule has 3 rings (SSSR count). The van der Waals surface area contributed by atoms with Gasteiger partial charge >= 0.3 is 12.0 Å². The number of allylic oxidation sites excluding steroid dienone is 1. The van der Waals surface area contributed by atoms with Crippen molar-refractivity contribution in [2.45, 2.75) is 19.9 Å². The van der Waals surface area contributed by atoms with Gasteiger partial charge in [0, 0.05) is 15.7 Å². The Labute approximate surface area is 236 Å². The van der Waals surface area contributed by atoms with Crippen molar-refractivity contribution in [3.05, 3.63) is 61.7 Å². The van der Waals surface area contributed by atoms with E-state index in [4.69, 9.17) is 18.9 Å². The van der Waals surface area contributed by atoms with E-state index in [1.165, 1.54) is 20.4 Å². The van der Waals surface area contributed by atoms with Crippen LogP contribution in [0.5, 0.6) is 17.2 Å². The lowest BCUT2D eigenvalue weighted by molar-refractivity contribution is -0.139. The van der Waals surface area contributed by atoms with Crippen LogP contribution >= 0.6 is 31.9 Å². The maximum Gasteiger partial charge on any atom is 0.338 e. The van der Waals surface area contributed by atoms with Crippen LogP contribution in [0.15, 0.2) is 55.6 Å². The second-order valence-electron chi connectivity index (χ2n) is 7.79. The molecule has 38 heavy (non-hydrogen) atoms. The molecular formula is C25H26Br2N4O7. The molecule has 0 fully saturated rings. The normalized spacial score (nSPS) is 15.0. The summed E-state index contributed by atoms with van der Waals surface area (Å²) < 4.78 is 23.1. The average molecular weight is 654 g/mol. The molecule has 13 heteroatoms. The first-order valence-electron chi connectivity index (χ1n) is 11.3. The molecule has 2 aromatic rings. The molecule has 0 bridgehead atoms. The van der Waals surface area contributed by atoms with Crippen molar-refractivity contribution in [1.82, 2.24) is 16.1 Å². The summed E-state index contributed by atoms with van der Waals surface area (Å²) in [6.07, 6.45) is 1.45. The van der Waals surface area contributed by atoms with E-state index in [0.29, 0.717) is 28.3 Å². The van der Waals surface area contributed by atoms with E-state index in [1.807, 2.05) is 6.07 Å². The number of hydrazone groups is 1. The predicted molar refractivity (Wildman–Crippen MR) is 146 cm³/mol. The van der Waals surface area contributed by atoms with Crippen molar-refractivity contribution in [2.75, 3.05) is 27.4 Å². The molecule has 1 heterocycles. The zero-order valence-electron chi connectivity index (χ0n) is 21.0. The Balaban J connectivity index is 1.70. The summed E-state index contributed by atoms with van der Waals surface area (Å²) in [5.41, 5.74) is 4.27. The fourth-order valence-corrected chi connectivity index (χ4v) is 5.07. The molecule has 11 nitrogen and oxygen atoms in total. The molecule has 0 unspecified atom stereocenters. The second kappa shape index (κ2) is 13.3. The van der Waals surface area contributed by atoms with Crippen molar-refractivity contribution < 1.29 is 33.3 Å². The Morgan fingerprint density at radius 2 is 1.89 bits per heavy atom. The van der Waals surface area contributed by atoms with Gasteiger partial charge in [-0.15, -0.1) is 0 Å². The molecule has 0 saturated heterocycles. The van der Waals surface area contributed by atoms with E-state index in [-0.39, 0.29) is 24.5 Å². The topological polar surface area (TPSA) is 137 Å². The van der Waals surface area contributed by atoms with E-state index in [0.717, 1.165) is 8.95 Å². The number of carbonyl (C=O) groups excluding carboxylic acids is 3. The molecule has 1 atom stereocenters. The lowest BCUT2D eigenvalue weighted by Gasteiger charge is -2.28. The first kappa shape index (κ1) is 29.0. The van der Waals surface area contributed by atoms with Crippen LogP contribution in [-0.2, 0) is 14.3 Å². The van der Waals surface area contributed by atoms with Crippen LogP contribution in [0.2, 0.25) is 0 Å². The van der Waals surface area contributed by atoms with Crippen LogP contribution < -0.4 is 30.3 Å². The number of urea groups is 1. The SMILES string of the molecule is CCOC(=O)C1=C(C)NC(=O)N[C@@H]1c1ccc(OCC(=O)N/N=C\c2cc(Br)cc(Br)c2OC)c(OC)c1. The number of hydrogen-bond donors (Lipinski definition) is 3. The van der Waals surface area contributed by atoms with Crippen molar-refractivity contribution >= 4 is 56.0 Å². The monoisotopic (exact) mass is 652 g/mol. The molecule has 0 aliphatic carbocycles. The molecule has 0 aromatic heterocycles. The lowest BCUT2D eigenvalue weighted by Crippen LogP contribution is -2.45. The van der Waals surface area contributed by atoms with E-state index in [2.05, 4.69) is 53.0 Å². The van der Waals surface area contributed by atoms with Crippen LogP contribution in [0.25, 0.3) is 0 Å². The summed E-state index contributed by atoms with van der Waals surface area (Å²) in [5.74, 6) is 0.0946. The van der Waals surface area contributed by atoms with Gasteiger partial charge in [-0.1, -0.05) is 22.0 Å². The van der Waals surface area contributed by atoms with E-state index in [9.17, 15) is 14.4 Å². The summed E-state index contributed by atoms with van der Waals surface area (Å²) in [4.78, 5) is 37.0. The first-order valence-corrected chi connectivity index (χ1v) is 12.9. The third-order valence-corrected chi connectivity index (χ3v) is 6.33. The van der Waals surface area contributed by atoms with Crippen LogP contribution in [0.3, 0.4) is 0 Å².